The molecule has 7 heteroatoms. The van der Waals surface area contributed by atoms with Crippen molar-refractivity contribution in [3.8, 4) is 0 Å². The summed E-state index contributed by atoms with van der Waals surface area (Å²) < 4.78 is 5.19. The molecule has 2 amide bonds. The van der Waals surface area contributed by atoms with E-state index >= 15 is 0 Å². The van der Waals surface area contributed by atoms with E-state index in [1.165, 1.54) is 0 Å². The van der Waals surface area contributed by atoms with Gasteiger partial charge >= 0.3 is 12.1 Å². The quantitative estimate of drug-likeness (QED) is 0.770. The van der Waals surface area contributed by atoms with Crippen LogP contribution in [0.1, 0.15) is 51.3 Å². The van der Waals surface area contributed by atoms with Crippen molar-refractivity contribution in [1.82, 2.24) is 4.90 Å². The van der Waals surface area contributed by atoms with Crippen molar-refractivity contribution in [3.63, 3.8) is 0 Å². The number of hydrogen-bond donors (Lipinski definition) is 2. The Morgan fingerprint density at radius 1 is 1.12 bits per heavy atom. The number of ether oxygens (including phenoxy) is 1. The zero-order valence-electron chi connectivity index (χ0n) is 15.9. The number of carboxylic acids is 1. The number of aliphatic carboxylic acids is 1. The van der Waals surface area contributed by atoms with Gasteiger partial charge in [-0.3, -0.25) is 9.59 Å². The van der Waals surface area contributed by atoms with Crippen LogP contribution in [0.2, 0.25) is 0 Å². The average Bonchev–Trinajstić information content (AvgIpc) is 2.52. The molecule has 0 radical (unpaired) electrons. The van der Waals surface area contributed by atoms with E-state index in [1.54, 1.807) is 52.0 Å². The largest absolute Gasteiger partial charge is 0.481 e. The Kier molecular flexibility index (Phi) is 7.76. The standard InChI is InChI=1S/C19H28N2O5/c1-11(2)17(20)18(24)21(19(25)26-12(3)4)15(10-16(22)23)14-8-6-13(5)7-9-14/h6-9,11-12,15,17H,10,20H2,1-5H3,(H,22,23)/t15?,17-/m0/s1. The molecule has 0 aliphatic heterocycles. The Balaban J connectivity index is 3.39. The lowest BCUT2D eigenvalue weighted by molar-refractivity contribution is -0.140. The SMILES string of the molecule is Cc1ccc(C(CC(=O)O)N(C(=O)OC(C)C)C(=O)[C@@H](N)C(C)C)cc1. The summed E-state index contributed by atoms with van der Waals surface area (Å²) >= 11 is 0. The Hall–Kier alpha value is -2.41. The van der Waals surface area contributed by atoms with Crippen molar-refractivity contribution in [1.29, 1.82) is 0 Å². The fourth-order valence-corrected chi connectivity index (χ4v) is 2.39. The summed E-state index contributed by atoms with van der Waals surface area (Å²) in [6.07, 6.45) is -1.79. The highest BCUT2D eigenvalue weighted by Crippen LogP contribution is 2.27. The zero-order valence-corrected chi connectivity index (χ0v) is 15.9. The average molecular weight is 364 g/mol. The topological polar surface area (TPSA) is 110 Å². The number of carbonyl (C=O) groups excluding carboxylic acids is 2. The Labute approximate surface area is 154 Å². The first kappa shape index (κ1) is 21.6. The van der Waals surface area contributed by atoms with Gasteiger partial charge in [-0.15, -0.1) is 0 Å². The Morgan fingerprint density at radius 2 is 1.65 bits per heavy atom. The summed E-state index contributed by atoms with van der Waals surface area (Å²) in [7, 11) is 0. The first-order chi connectivity index (χ1) is 12.0. The van der Waals surface area contributed by atoms with Crippen molar-refractivity contribution >= 4 is 18.0 Å². The second kappa shape index (κ2) is 9.33. The van der Waals surface area contributed by atoms with E-state index in [4.69, 9.17) is 10.5 Å². The van der Waals surface area contributed by atoms with Gasteiger partial charge in [0.05, 0.1) is 24.6 Å². The molecular formula is C19H28N2O5. The van der Waals surface area contributed by atoms with Gasteiger partial charge in [0, 0.05) is 0 Å². The van der Waals surface area contributed by atoms with Gasteiger partial charge in [0.25, 0.3) is 0 Å². The molecule has 0 aliphatic rings. The highest BCUT2D eigenvalue weighted by molar-refractivity contribution is 5.96. The minimum absolute atomic E-state index is 0.222. The highest BCUT2D eigenvalue weighted by atomic mass is 16.6. The van der Waals surface area contributed by atoms with Crippen LogP contribution < -0.4 is 5.73 Å². The molecule has 2 atom stereocenters. The predicted octanol–water partition coefficient (Wildman–Crippen LogP) is 2.87. The van der Waals surface area contributed by atoms with Crippen LogP contribution in [-0.2, 0) is 14.3 Å². The van der Waals surface area contributed by atoms with Crippen molar-refractivity contribution in [2.75, 3.05) is 0 Å². The molecule has 0 fully saturated rings. The van der Waals surface area contributed by atoms with Crippen LogP contribution in [0, 0.1) is 12.8 Å². The molecule has 144 valence electrons. The minimum Gasteiger partial charge on any atom is -0.481 e. The van der Waals surface area contributed by atoms with E-state index in [-0.39, 0.29) is 5.92 Å². The summed E-state index contributed by atoms with van der Waals surface area (Å²) in [6, 6.07) is 5.04. The van der Waals surface area contributed by atoms with E-state index < -0.39 is 42.6 Å². The lowest BCUT2D eigenvalue weighted by atomic mass is 9.98. The molecule has 26 heavy (non-hydrogen) atoms. The molecule has 1 aromatic carbocycles. The number of imide groups is 1. The highest BCUT2D eigenvalue weighted by Gasteiger charge is 2.37. The second-order valence-electron chi connectivity index (χ2n) is 6.93. The number of hydrogen-bond acceptors (Lipinski definition) is 5. The first-order valence-corrected chi connectivity index (χ1v) is 8.62. The number of carboxylic acid groups (broad SMARTS) is 1. The fraction of sp³-hybridized carbons (Fsp3) is 0.526. The molecule has 1 rings (SSSR count). The Bertz CT molecular complexity index is 640. The van der Waals surface area contributed by atoms with Gasteiger partial charge in [-0.2, -0.15) is 0 Å². The maximum absolute atomic E-state index is 12.9. The summed E-state index contributed by atoms with van der Waals surface area (Å²) in [5, 5.41) is 9.32. The van der Waals surface area contributed by atoms with Crippen LogP contribution in [0.15, 0.2) is 24.3 Å². The molecule has 1 aromatic rings. The van der Waals surface area contributed by atoms with Gasteiger partial charge in [-0.1, -0.05) is 43.7 Å². The molecule has 0 bridgehead atoms. The number of benzene rings is 1. The zero-order chi connectivity index (χ0) is 20.0. The van der Waals surface area contributed by atoms with Crippen LogP contribution in [0.3, 0.4) is 0 Å². The first-order valence-electron chi connectivity index (χ1n) is 8.62. The number of nitrogens with two attached hydrogens (primary N) is 1. The summed E-state index contributed by atoms with van der Waals surface area (Å²) in [5.41, 5.74) is 7.46. The molecule has 0 aliphatic carbocycles. The maximum Gasteiger partial charge on any atom is 0.417 e. The fourth-order valence-electron chi connectivity index (χ4n) is 2.39. The Morgan fingerprint density at radius 3 is 2.08 bits per heavy atom. The van der Waals surface area contributed by atoms with E-state index in [0.717, 1.165) is 10.5 Å². The normalized spacial score (nSPS) is 13.4. The number of carbonyl (C=O) groups is 3. The third kappa shape index (κ3) is 5.84. The summed E-state index contributed by atoms with van der Waals surface area (Å²) in [6.45, 7) is 8.71. The second-order valence-corrected chi connectivity index (χ2v) is 6.93. The van der Waals surface area contributed by atoms with E-state index in [0.29, 0.717) is 5.56 Å². The van der Waals surface area contributed by atoms with Gasteiger partial charge in [0.15, 0.2) is 0 Å². The van der Waals surface area contributed by atoms with E-state index in [2.05, 4.69) is 0 Å². The van der Waals surface area contributed by atoms with Gasteiger partial charge < -0.3 is 15.6 Å². The molecule has 0 saturated carbocycles. The molecular weight excluding hydrogens is 336 g/mol. The van der Waals surface area contributed by atoms with Gasteiger partial charge in [-0.25, -0.2) is 9.69 Å². The maximum atomic E-state index is 12.9. The number of nitrogens with zero attached hydrogens (tertiary/aromatic N) is 1. The van der Waals surface area contributed by atoms with Crippen LogP contribution in [0.4, 0.5) is 4.79 Å². The van der Waals surface area contributed by atoms with Gasteiger partial charge in [-0.05, 0) is 32.3 Å². The van der Waals surface area contributed by atoms with Crippen molar-refractivity contribution in [2.24, 2.45) is 11.7 Å². The van der Waals surface area contributed by atoms with E-state index in [1.807, 2.05) is 6.92 Å². The monoisotopic (exact) mass is 364 g/mol. The van der Waals surface area contributed by atoms with Crippen LogP contribution in [0.5, 0.6) is 0 Å². The number of amides is 2. The predicted molar refractivity (Wildman–Crippen MR) is 97.4 cm³/mol. The summed E-state index contributed by atoms with van der Waals surface area (Å²) in [5.74, 6) is -2.01. The van der Waals surface area contributed by atoms with Crippen LogP contribution in [0.25, 0.3) is 0 Å². The van der Waals surface area contributed by atoms with Gasteiger partial charge in [0.1, 0.15) is 0 Å². The molecule has 1 unspecified atom stereocenters. The van der Waals surface area contributed by atoms with E-state index in [9.17, 15) is 19.5 Å². The third-order valence-corrected chi connectivity index (χ3v) is 3.92. The summed E-state index contributed by atoms with van der Waals surface area (Å²) in [4.78, 5) is 37.8. The third-order valence-electron chi connectivity index (χ3n) is 3.92. The van der Waals surface area contributed by atoms with Crippen LogP contribution in [-0.4, -0.2) is 40.1 Å². The lowest BCUT2D eigenvalue weighted by Crippen LogP contribution is -2.51. The molecule has 0 spiro atoms. The smallest absolute Gasteiger partial charge is 0.417 e. The number of aryl methyl sites for hydroxylation is 1. The van der Waals surface area contributed by atoms with Crippen molar-refractivity contribution in [2.45, 2.75) is 59.2 Å². The van der Waals surface area contributed by atoms with Crippen molar-refractivity contribution in [3.05, 3.63) is 35.4 Å². The minimum atomic E-state index is -1.14. The number of rotatable bonds is 7. The molecule has 0 saturated heterocycles. The lowest BCUT2D eigenvalue weighted by Gasteiger charge is -2.32. The van der Waals surface area contributed by atoms with Crippen LogP contribution >= 0.6 is 0 Å². The van der Waals surface area contributed by atoms with Crippen molar-refractivity contribution < 1.29 is 24.2 Å². The molecule has 0 heterocycles. The van der Waals surface area contributed by atoms with Gasteiger partial charge in [0.2, 0.25) is 5.91 Å². The molecule has 7 nitrogen and oxygen atoms in total. The molecule has 0 aromatic heterocycles. The molecule has 3 N–H and O–H groups in total.